The van der Waals surface area contributed by atoms with Gasteiger partial charge in [0.05, 0.1) is 40.4 Å². The molecule has 0 bridgehead atoms. The third-order valence-corrected chi connectivity index (χ3v) is 8.32. The normalized spacial score (nSPS) is 19.4. The Labute approximate surface area is 247 Å². The second-order valence-electron chi connectivity index (χ2n) is 10.5. The van der Waals surface area contributed by atoms with Gasteiger partial charge in [-0.2, -0.15) is 10.1 Å². The number of fused-ring (bicyclic) bond motifs is 2. The highest BCUT2D eigenvalue weighted by atomic mass is 35.5. The molecular formula is C30H31ClF2N8O. The van der Waals surface area contributed by atoms with E-state index in [1.807, 2.05) is 11.0 Å². The second-order valence-corrected chi connectivity index (χ2v) is 10.9. The Bertz CT molecular complexity index is 1660. The molecule has 3 aromatic rings. The van der Waals surface area contributed by atoms with Gasteiger partial charge in [-0.3, -0.25) is 15.0 Å². The van der Waals surface area contributed by atoms with Crippen molar-refractivity contribution in [2.45, 2.75) is 19.6 Å². The van der Waals surface area contributed by atoms with Gasteiger partial charge in [0.15, 0.2) is 0 Å². The van der Waals surface area contributed by atoms with E-state index < -0.39 is 11.6 Å². The van der Waals surface area contributed by atoms with E-state index in [9.17, 15) is 8.78 Å². The van der Waals surface area contributed by atoms with Gasteiger partial charge >= 0.3 is 6.02 Å². The van der Waals surface area contributed by atoms with Crippen molar-refractivity contribution >= 4 is 34.4 Å². The molecule has 0 amide bonds. The minimum atomic E-state index is -0.565. The molecule has 218 valence electrons. The number of aromatic amines is 1. The molecule has 2 aromatic heterocycles. The first-order valence-corrected chi connectivity index (χ1v) is 14.2. The fourth-order valence-corrected chi connectivity index (χ4v) is 5.80. The molecule has 42 heavy (non-hydrogen) atoms. The van der Waals surface area contributed by atoms with Crippen molar-refractivity contribution in [2.24, 2.45) is 9.98 Å². The molecule has 5 heterocycles. The number of hydrogen-bond donors (Lipinski definition) is 1. The van der Waals surface area contributed by atoms with Crippen LogP contribution in [0.25, 0.3) is 22.2 Å². The average Bonchev–Trinajstić information content (AvgIpc) is 3.54. The number of nitrogens with zero attached hydrogens (tertiary/aromatic N) is 7. The number of likely N-dealkylation sites (tertiary alicyclic amines) is 1. The first-order valence-electron chi connectivity index (χ1n) is 13.8. The van der Waals surface area contributed by atoms with E-state index >= 15 is 0 Å². The van der Waals surface area contributed by atoms with Gasteiger partial charge in [0.2, 0.25) is 0 Å². The number of pyridine rings is 1. The lowest BCUT2D eigenvalue weighted by molar-refractivity contribution is 0.203. The largest absolute Gasteiger partial charge is 0.454 e. The van der Waals surface area contributed by atoms with Crippen molar-refractivity contribution in [1.82, 2.24) is 29.9 Å². The fourth-order valence-electron chi connectivity index (χ4n) is 5.55. The van der Waals surface area contributed by atoms with Crippen LogP contribution in [0.4, 0.5) is 8.78 Å². The first-order chi connectivity index (χ1) is 20.2. The maximum atomic E-state index is 14.7. The van der Waals surface area contributed by atoms with Crippen LogP contribution in [0, 0.1) is 5.82 Å². The number of hydrogen-bond acceptors (Lipinski definition) is 8. The number of likely N-dealkylation sites (N-methyl/N-ethyl adjacent to an activating group) is 1. The number of halogens is 3. The zero-order chi connectivity index (χ0) is 29.5. The third kappa shape index (κ3) is 5.18. The van der Waals surface area contributed by atoms with E-state index in [0.717, 1.165) is 24.2 Å². The summed E-state index contributed by atoms with van der Waals surface area (Å²) >= 11 is 6.45. The quantitative estimate of drug-likeness (QED) is 0.334. The summed E-state index contributed by atoms with van der Waals surface area (Å²) in [4.78, 5) is 20.8. The Balaban J connectivity index is 1.37. The Hall–Kier alpha value is -4.09. The van der Waals surface area contributed by atoms with Crippen molar-refractivity contribution < 1.29 is 13.5 Å². The standard InChI is InChI=1S/C30H31ClF2N8O/c1-5-39-15-17(2)26(16-39)42-30-34-14-25-20(29(37-30)41-10-8-40(9-11-41)19(4)18(3)32)6-7-23(36-25)27-21-13-35-38-24(21)12-22(33)28(27)31/h6-7,12-13,26H,2-5,8-11,14-16H2,1H3,(H,35,38). The topological polar surface area (TPSA) is 85.2 Å². The maximum absolute atomic E-state index is 14.7. The summed E-state index contributed by atoms with van der Waals surface area (Å²) in [6.07, 6.45) is 1.38. The minimum absolute atomic E-state index is 0.0302. The summed E-state index contributed by atoms with van der Waals surface area (Å²) in [7, 11) is 0. The van der Waals surface area contributed by atoms with E-state index in [0.29, 0.717) is 66.4 Å². The molecule has 1 aromatic carbocycles. The molecular weight excluding hydrogens is 562 g/mol. The lowest BCUT2D eigenvalue weighted by Crippen LogP contribution is -2.48. The number of benzene rings is 1. The van der Waals surface area contributed by atoms with Crippen LogP contribution in [0.15, 0.2) is 71.2 Å². The summed E-state index contributed by atoms with van der Waals surface area (Å²) in [5, 5.41) is 7.49. The third-order valence-electron chi connectivity index (χ3n) is 7.95. The predicted molar refractivity (Wildman–Crippen MR) is 161 cm³/mol. The maximum Gasteiger partial charge on any atom is 0.314 e. The highest BCUT2D eigenvalue weighted by molar-refractivity contribution is 6.35. The first kappa shape index (κ1) is 28.0. The van der Waals surface area contributed by atoms with Crippen LogP contribution in [0.1, 0.15) is 18.2 Å². The van der Waals surface area contributed by atoms with Crippen molar-refractivity contribution in [2.75, 3.05) is 45.8 Å². The molecule has 0 radical (unpaired) electrons. The van der Waals surface area contributed by atoms with Crippen LogP contribution in [0.2, 0.25) is 5.02 Å². The highest BCUT2D eigenvalue weighted by Gasteiger charge is 2.31. The molecule has 0 spiro atoms. The number of aliphatic imine (C=N–C) groups is 2. The van der Waals surface area contributed by atoms with Crippen molar-refractivity contribution in [3.63, 3.8) is 0 Å². The lowest BCUT2D eigenvalue weighted by Gasteiger charge is -2.38. The number of aromatic nitrogens is 3. The van der Waals surface area contributed by atoms with Gasteiger partial charge in [0, 0.05) is 61.8 Å². The van der Waals surface area contributed by atoms with Crippen LogP contribution in [-0.2, 0) is 11.3 Å². The van der Waals surface area contributed by atoms with Gasteiger partial charge in [-0.1, -0.05) is 38.3 Å². The van der Waals surface area contributed by atoms with Crippen LogP contribution >= 0.6 is 11.6 Å². The van der Waals surface area contributed by atoms with Gasteiger partial charge in [-0.25, -0.2) is 13.8 Å². The van der Waals surface area contributed by atoms with Crippen molar-refractivity contribution in [3.8, 4) is 11.3 Å². The summed E-state index contributed by atoms with van der Waals surface area (Å²) in [6, 6.07) is 5.28. The van der Waals surface area contributed by atoms with Gasteiger partial charge < -0.3 is 14.5 Å². The van der Waals surface area contributed by atoms with E-state index in [1.165, 1.54) is 6.07 Å². The predicted octanol–water partition coefficient (Wildman–Crippen LogP) is 4.93. The molecule has 0 saturated carbocycles. The minimum Gasteiger partial charge on any atom is -0.454 e. The number of ether oxygens (including phenoxy) is 1. The molecule has 1 N–H and O–H groups in total. The Morgan fingerprint density at radius 3 is 2.71 bits per heavy atom. The van der Waals surface area contributed by atoms with E-state index in [-0.39, 0.29) is 29.4 Å². The molecule has 0 aliphatic carbocycles. The van der Waals surface area contributed by atoms with Crippen molar-refractivity contribution in [1.29, 1.82) is 0 Å². The summed E-state index contributed by atoms with van der Waals surface area (Å²) < 4.78 is 34.8. The molecule has 2 saturated heterocycles. The number of H-pyrrole nitrogens is 1. The van der Waals surface area contributed by atoms with Gasteiger partial charge in [0.25, 0.3) is 0 Å². The van der Waals surface area contributed by atoms with Crippen LogP contribution < -0.4 is 0 Å². The molecule has 3 aliphatic rings. The zero-order valence-corrected chi connectivity index (χ0v) is 24.1. The van der Waals surface area contributed by atoms with Gasteiger partial charge in [-0.15, -0.1) is 0 Å². The number of amidine groups is 2. The summed E-state index contributed by atoms with van der Waals surface area (Å²) in [5.74, 6) is -0.454. The number of allylic oxidation sites excluding steroid dienone is 1. The van der Waals surface area contributed by atoms with E-state index in [2.05, 4.69) is 46.7 Å². The monoisotopic (exact) mass is 592 g/mol. The van der Waals surface area contributed by atoms with Crippen LogP contribution in [0.3, 0.4) is 0 Å². The van der Waals surface area contributed by atoms with Gasteiger partial charge in [0.1, 0.15) is 23.6 Å². The number of rotatable bonds is 5. The second kappa shape index (κ2) is 11.3. The molecule has 1 atom stereocenters. The Kier molecular flexibility index (Phi) is 7.54. The van der Waals surface area contributed by atoms with Crippen molar-refractivity contribution in [3.05, 3.63) is 83.3 Å². The molecule has 3 aliphatic heterocycles. The van der Waals surface area contributed by atoms with Crippen LogP contribution in [0.5, 0.6) is 0 Å². The molecule has 9 nitrogen and oxygen atoms in total. The molecule has 12 heteroatoms. The number of nitrogens with one attached hydrogen (secondary N) is 1. The lowest BCUT2D eigenvalue weighted by atomic mass is 10.0. The Morgan fingerprint density at radius 2 is 2.00 bits per heavy atom. The average molecular weight is 593 g/mol. The fraction of sp³-hybridized carbons (Fsp3) is 0.333. The smallest absolute Gasteiger partial charge is 0.314 e. The molecule has 2 fully saturated rings. The summed E-state index contributed by atoms with van der Waals surface area (Å²) in [5.41, 5.74) is 4.15. The Morgan fingerprint density at radius 1 is 1.21 bits per heavy atom. The van der Waals surface area contributed by atoms with E-state index in [1.54, 1.807) is 12.3 Å². The number of piperazine rings is 1. The van der Waals surface area contributed by atoms with Gasteiger partial charge in [-0.05, 0) is 24.3 Å². The van der Waals surface area contributed by atoms with Crippen LogP contribution in [-0.4, -0.2) is 93.7 Å². The SMILES string of the molecule is C=C(F)C(=C)N1CCN(C2=NC(OC3CN(CC)CC3=C)=NCc3nc(-c4c(Cl)c(F)cc5[nH]ncc45)ccc32)CC1. The molecule has 6 rings (SSSR count). The molecule has 1 unspecified atom stereocenters. The zero-order valence-electron chi connectivity index (χ0n) is 23.3. The summed E-state index contributed by atoms with van der Waals surface area (Å²) in [6.45, 7) is 18.3. The highest BCUT2D eigenvalue weighted by Crippen LogP contribution is 2.36. The van der Waals surface area contributed by atoms with E-state index in [4.69, 9.17) is 31.3 Å².